The summed E-state index contributed by atoms with van der Waals surface area (Å²) in [5, 5.41) is 0.191. The van der Waals surface area contributed by atoms with Gasteiger partial charge in [-0.1, -0.05) is 11.6 Å². The smallest absolute Gasteiger partial charge is 0.181 e. The molecular formula is C12H14ClN3O2S. The summed E-state index contributed by atoms with van der Waals surface area (Å²) in [6.45, 7) is 2.15. The lowest BCUT2D eigenvalue weighted by Gasteiger charge is -2.09. The van der Waals surface area contributed by atoms with Crippen molar-refractivity contribution in [2.75, 3.05) is 11.5 Å². The molecule has 0 bridgehead atoms. The standard InChI is InChI=1S/C12H14ClN3O2S/c1-9-15-4-5-16(9)6-7-19(17,18)12-8-10(14)2-3-11(12)13/h2-5,8H,6-7,14H2,1H3. The number of hydrogen-bond acceptors (Lipinski definition) is 4. The Balaban J connectivity index is 2.23. The maximum absolute atomic E-state index is 12.2. The van der Waals surface area contributed by atoms with Gasteiger partial charge in [-0.2, -0.15) is 0 Å². The number of nitrogen functional groups attached to an aromatic ring is 1. The number of halogens is 1. The first-order chi connectivity index (χ1) is 8.90. The van der Waals surface area contributed by atoms with Gasteiger partial charge in [0.05, 0.1) is 15.7 Å². The number of nitrogens with zero attached hydrogens (tertiary/aromatic N) is 2. The predicted molar refractivity (Wildman–Crippen MR) is 74.9 cm³/mol. The quantitative estimate of drug-likeness (QED) is 0.875. The van der Waals surface area contributed by atoms with Crippen LogP contribution in [0.25, 0.3) is 0 Å². The van der Waals surface area contributed by atoms with Crippen LogP contribution in [0.5, 0.6) is 0 Å². The Morgan fingerprint density at radius 1 is 1.42 bits per heavy atom. The summed E-state index contributed by atoms with van der Waals surface area (Å²) in [5.74, 6) is 0.724. The van der Waals surface area contributed by atoms with E-state index in [1.807, 2.05) is 6.92 Å². The highest BCUT2D eigenvalue weighted by atomic mass is 35.5. The predicted octanol–water partition coefficient (Wildman–Crippen LogP) is 1.90. The van der Waals surface area contributed by atoms with E-state index in [1.165, 1.54) is 12.1 Å². The van der Waals surface area contributed by atoms with Crippen LogP contribution in [-0.4, -0.2) is 23.7 Å². The third-order valence-corrected chi connectivity index (χ3v) is 4.98. The molecule has 2 N–H and O–H groups in total. The SMILES string of the molecule is Cc1nccn1CCS(=O)(=O)c1cc(N)ccc1Cl. The molecular weight excluding hydrogens is 286 g/mol. The van der Waals surface area contributed by atoms with Crippen LogP contribution in [0.1, 0.15) is 5.82 Å². The first-order valence-electron chi connectivity index (χ1n) is 5.65. The fourth-order valence-electron chi connectivity index (χ4n) is 1.73. The minimum atomic E-state index is -3.47. The third-order valence-electron chi connectivity index (χ3n) is 2.81. The number of aryl methyl sites for hydroxylation is 2. The zero-order valence-electron chi connectivity index (χ0n) is 10.4. The molecule has 1 aromatic carbocycles. The van der Waals surface area contributed by atoms with Gasteiger partial charge in [0, 0.05) is 24.6 Å². The molecule has 102 valence electrons. The molecule has 0 spiro atoms. The van der Waals surface area contributed by atoms with Crippen LogP contribution >= 0.6 is 11.6 Å². The Hall–Kier alpha value is -1.53. The molecule has 19 heavy (non-hydrogen) atoms. The Bertz CT molecular complexity index is 695. The molecule has 0 unspecified atom stereocenters. The number of sulfone groups is 1. The van der Waals surface area contributed by atoms with E-state index in [-0.39, 0.29) is 15.7 Å². The molecule has 0 aliphatic heterocycles. The maximum Gasteiger partial charge on any atom is 0.181 e. The zero-order valence-corrected chi connectivity index (χ0v) is 11.9. The summed E-state index contributed by atoms with van der Waals surface area (Å²) in [5.41, 5.74) is 5.98. The molecule has 2 rings (SSSR count). The Labute approximate surface area is 116 Å². The molecule has 0 fully saturated rings. The van der Waals surface area contributed by atoms with Crippen LogP contribution in [0.3, 0.4) is 0 Å². The third kappa shape index (κ3) is 3.08. The van der Waals surface area contributed by atoms with E-state index in [0.29, 0.717) is 12.2 Å². The molecule has 0 aliphatic carbocycles. The van der Waals surface area contributed by atoms with Gasteiger partial charge in [-0.25, -0.2) is 13.4 Å². The van der Waals surface area contributed by atoms with Crippen molar-refractivity contribution < 1.29 is 8.42 Å². The second-order valence-electron chi connectivity index (χ2n) is 4.18. The molecule has 0 atom stereocenters. The number of aromatic nitrogens is 2. The van der Waals surface area contributed by atoms with Crippen molar-refractivity contribution in [3.05, 3.63) is 41.4 Å². The number of imidazole rings is 1. The highest BCUT2D eigenvalue weighted by molar-refractivity contribution is 7.91. The van der Waals surface area contributed by atoms with Crippen molar-refractivity contribution in [1.82, 2.24) is 9.55 Å². The van der Waals surface area contributed by atoms with Crippen molar-refractivity contribution in [2.24, 2.45) is 0 Å². The van der Waals surface area contributed by atoms with Gasteiger partial charge in [0.15, 0.2) is 9.84 Å². The fraction of sp³-hybridized carbons (Fsp3) is 0.250. The van der Waals surface area contributed by atoms with Gasteiger partial charge >= 0.3 is 0 Å². The van der Waals surface area contributed by atoms with Gasteiger partial charge in [-0.15, -0.1) is 0 Å². The van der Waals surface area contributed by atoms with Gasteiger partial charge in [0.2, 0.25) is 0 Å². The van der Waals surface area contributed by atoms with E-state index in [2.05, 4.69) is 4.98 Å². The number of benzene rings is 1. The average Bonchev–Trinajstić information content (AvgIpc) is 2.75. The van der Waals surface area contributed by atoms with Crippen LogP contribution in [0.2, 0.25) is 5.02 Å². The minimum absolute atomic E-state index is 0.0482. The number of rotatable bonds is 4. The normalized spacial score (nSPS) is 11.7. The molecule has 7 heteroatoms. The molecule has 0 saturated carbocycles. The monoisotopic (exact) mass is 299 g/mol. The molecule has 5 nitrogen and oxygen atoms in total. The van der Waals surface area contributed by atoms with Crippen molar-refractivity contribution in [1.29, 1.82) is 0 Å². The van der Waals surface area contributed by atoms with E-state index in [0.717, 1.165) is 5.82 Å². The highest BCUT2D eigenvalue weighted by Gasteiger charge is 2.18. The number of nitrogens with two attached hydrogens (primary N) is 1. The van der Waals surface area contributed by atoms with Gasteiger partial charge in [-0.3, -0.25) is 0 Å². The lowest BCUT2D eigenvalue weighted by atomic mass is 10.3. The molecule has 0 amide bonds. The van der Waals surface area contributed by atoms with Gasteiger partial charge in [0.1, 0.15) is 5.82 Å². The van der Waals surface area contributed by atoms with Crippen LogP contribution < -0.4 is 5.73 Å². The van der Waals surface area contributed by atoms with E-state index < -0.39 is 9.84 Å². The molecule has 0 aliphatic rings. The Morgan fingerprint density at radius 2 is 2.16 bits per heavy atom. The molecule has 0 radical (unpaired) electrons. The van der Waals surface area contributed by atoms with Crippen molar-refractivity contribution >= 4 is 27.1 Å². The molecule has 0 saturated heterocycles. The second-order valence-corrected chi connectivity index (χ2v) is 6.66. The zero-order chi connectivity index (χ0) is 14.0. The van der Waals surface area contributed by atoms with E-state index in [4.69, 9.17) is 17.3 Å². The molecule has 2 aromatic rings. The first kappa shape index (κ1) is 13.9. The van der Waals surface area contributed by atoms with Gasteiger partial charge < -0.3 is 10.3 Å². The number of hydrogen-bond donors (Lipinski definition) is 1. The number of anilines is 1. The first-order valence-corrected chi connectivity index (χ1v) is 7.69. The van der Waals surface area contributed by atoms with Crippen molar-refractivity contribution in [3.63, 3.8) is 0 Å². The van der Waals surface area contributed by atoms with E-state index in [1.54, 1.807) is 23.0 Å². The lowest BCUT2D eigenvalue weighted by molar-refractivity contribution is 0.587. The lowest BCUT2D eigenvalue weighted by Crippen LogP contribution is -2.14. The van der Waals surface area contributed by atoms with E-state index >= 15 is 0 Å². The summed E-state index contributed by atoms with van der Waals surface area (Å²) in [7, 11) is -3.47. The maximum atomic E-state index is 12.2. The van der Waals surface area contributed by atoms with Gasteiger partial charge in [-0.05, 0) is 25.1 Å². The Morgan fingerprint density at radius 3 is 2.79 bits per heavy atom. The topological polar surface area (TPSA) is 78.0 Å². The van der Waals surface area contributed by atoms with E-state index in [9.17, 15) is 8.42 Å². The van der Waals surface area contributed by atoms with Crippen LogP contribution in [0, 0.1) is 6.92 Å². The molecule has 1 heterocycles. The molecule has 1 aromatic heterocycles. The van der Waals surface area contributed by atoms with Crippen LogP contribution in [0.4, 0.5) is 5.69 Å². The van der Waals surface area contributed by atoms with Crippen LogP contribution in [0.15, 0.2) is 35.5 Å². The van der Waals surface area contributed by atoms with Gasteiger partial charge in [0.25, 0.3) is 0 Å². The summed E-state index contributed by atoms with van der Waals surface area (Å²) in [6, 6.07) is 4.45. The summed E-state index contributed by atoms with van der Waals surface area (Å²) in [4.78, 5) is 4.12. The largest absolute Gasteiger partial charge is 0.399 e. The Kier molecular flexibility index (Phi) is 3.82. The summed E-state index contributed by atoms with van der Waals surface area (Å²) >= 11 is 5.92. The van der Waals surface area contributed by atoms with Crippen molar-refractivity contribution in [3.8, 4) is 0 Å². The fourth-order valence-corrected chi connectivity index (χ4v) is 3.53. The average molecular weight is 300 g/mol. The van der Waals surface area contributed by atoms with Crippen LogP contribution in [-0.2, 0) is 16.4 Å². The minimum Gasteiger partial charge on any atom is -0.399 e. The highest BCUT2D eigenvalue weighted by Crippen LogP contribution is 2.24. The summed E-state index contributed by atoms with van der Waals surface area (Å²) in [6.07, 6.45) is 3.38. The summed E-state index contributed by atoms with van der Waals surface area (Å²) < 4.78 is 26.3. The second kappa shape index (κ2) is 5.22. The van der Waals surface area contributed by atoms with Crippen molar-refractivity contribution in [2.45, 2.75) is 18.4 Å².